The minimum Gasteiger partial charge on any atom is -0.489 e. The van der Waals surface area contributed by atoms with E-state index in [9.17, 15) is 23.4 Å². The summed E-state index contributed by atoms with van der Waals surface area (Å²) in [4.78, 5) is 0. The van der Waals surface area contributed by atoms with Crippen molar-refractivity contribution in [2.75, 3.05) is 19.8 Å². The molecule has 0 atom stereocenters. The van der Waals surface area contributed by atoms with Crippen molar-refractivity contribution < 1.29 is 28.1 Å². The van der Waals surface area contributed by atoms with E-state index in [0.29, 0.717) is 5.56 Å². The number of hydrogen-bond donors (Lipinski definition) is 3. The third kappa shape index (κ3) is 7.65. The highest BCUT2D eigenvalue weighted by molar-refractivity contribution is 5.85. The van der Waals surface area contributed by atoms with Gasteiger partial charge in [-0.25, -0.2) is 0 Å². The Bertz CT molecular complexity index is 819. The minimum absolute atomic E-state index is 0. The van der Waals surface area contributed by atoms with Crippen LogP contribution in [0.15, 0.2) is 48.5 Å². The van der Waals surface area contributed by atoms with E-state index in [-0.39, 0.29) is 37.6 Å². The fourth-order valence-corrected chi connectivity index (χ4v) is 2.68. The van der Waals surface area contributed by atoms with Crippen molar-refractivity contribution in [3.8, 4) is 5.75 Å². The van der Waals surface area contributed by atoms with Gasteiger partial charge in [-0.3, -0.25) is 0 Å². The maximum absolute atomic E-state index is 13.4. The first-order chi connectivity index (χ1) is 13.7. The van der Waals surface area contributed by atoms with Gasteiger partial charge < -0.3 is 20.7 Å². The van der Waals surface area contributed by atoms with E-state index < -0.39 is 30.5 Å². The van der Waals surface area contributed by atoms with Crippen LogP contribution < -0.4 is 10.5 Å². The molecular weight excluding hydrogens is 419 g/mol. The largest absolute Gasteiger partial charge is 0.489 e. The van der Waals surface area contributed by atoms with Crippen LogP contribution in [0.3, 0.4) is 0 Å². The summed E-state index contributed by atoms with van der Waals surface area (Å²) in [6.45, 7) is 1.06. The van der Waals surface area contributed by atoms with Crippen LogP contribution >= 0.6 is 12.4 Å². The number of alkyl halides is 3. The molecule has 0 saturated carbocycles. The van der Waals surface area contributed by atoms with Gasteiger partial charge in [0.2, 0.25) is 0 Å². The first-order valence-corrected chi connectivity index (χ1v) is 9.23. The number of aliphatic hydroxyl groups is 2. The molecule has 0 radical (unpaired) electrons. The molecule has 0 bridgehead atoms. The third-order valence-electron chi connectivity index (χ3n) is 4.61. The van der Waals surface area contributed by atoms with Gasteiger partial charge in [0, 0.05) is 0 Å². The summed E-state index contributed by atoms with van der Waals surface area (Å²) in [5, 5.41) is 18.4. The van der Waals surface area contributed by atoms with Crippen LogP contribution in [0, 0.1) is 6.92 Å². The normalized spacial score (nSPS) is 12.1. The fourth-order valence-electron chi connectivity index (χ4n) is 2.68. The molecule has 2 rings (SSSR count). The van der Waals surface area contributed by atoms with E-state index in [0.717, 1.165) is 17.2 Å². The molecule has 4 nitrogen and oxygen atoms in total. The zero-order valence-electron chi connectivity index (χ0n) is 16.7. The van der Waals surface area contributed by atoms with Gasteiger partial charge in [0.1, 0.15) is 12.4 Å². The van der Waals surface area contributed by atoms with Crippen LogP contribution in [0.25, 0.3) is 6.08 Å². The number of benzene rings is 2. The monoisotopic (exact) mass is 445 g/mol. The summed E-state index contributed by atoms with van der Waals surface area (Å²) in [5.41, 5.74) is 6.14. The van der Waals surface area contributed by atoms with Crippen LogP contribution in [0.4, 0.5) is 13.2 Å². The van der Waals surface area contributed by atoms with E-state index in [1.165, 1.54) is 12.1 Å². The predicted molar refractivity (Wildman–Crippen MR) is 114 cm³/mol. The highest BCUT2D eigenvalue weighted by Crippen LogP contribution is 2.37. The maximum Gasteiger partial charge on any atom is 0.419 e. The van der Waals surface area contributed by atoms with E-state index in [1.807, 2.05) is 31.2 Å². The summed E-state index contributed by atoms with van der Waals surface area (Å²) in [7, 11) is 0. The molecule has 0 unspecified atom stereocenters. The molecule has 2 aromatic carbocycles. The molecule has 0 aliphatic rings. The fraction of sp³-hybridized carbons (Fsp3) is 0.364. The molecule has 0 spiro atoms. The van der Waals surface area contributed by atoms with Crippen LogP contribution in [-0.2, 0) is 12.6 Å². The molecule has 0 fully saturated rings. The predicted octanol–water partition coefficient (Wildman–Crippen LogP) is 4.14. The number of rotatable bonds is 9. The second kappa shape index (κ2) is 11.4. The number of hydrogen-bond acceptors (Lipinski definition) is 4. The molecular formula is C22H27ClF3NO3. The van der Waals surface area contributed by atoms with Gasteiger partial charge in [-0.15, -0.1) is 12.4 Å². The second-order valence-corrected chi connectivity index (χ2v) is 7.13. The molecule has 4 N–H and O–H groups in total. The van der Waals surface area contributed by atoms with E-state index in [2.05, 4.69) is 0 Å². The summed E-state index contributed by atoms with van der Waals surface area (Å²) >= 11 is 0. The Hall–Kier alpha value is -2.06. The topological polar surface area (TPSA) is 75.7 Å². The average molecular weight is 446 g/mol. The van der Waals surface area contributed by atoms with Gasteiger partial charge in [0.15, 0.2) is 0 Å². The Labute approximate surface area is 180 Å². The molecule has 0 aliphatic carbocycles. The number of nitrogens with two attached hydrogens (primary N) is 1. The Morgan fingerprint density at radius 3 is 2.23 bits per heavy atom. The zero-order valence-corrected chi connectivity index (χ0v) is 17.5. The smallest absolute Gasteiger partial charge is 0.419 e. The average Bonchev–Trinajstić information content (AvgIpc) is 2.70. The lowest BCUT2D eigenvalue weighted by molar-refractivity contribution is -0.138. The van der Waals surface area contributed by atoms with Crippen molar-refractivity contribution in [1.29, 1.82) is 0 Å². The van der Waals surface area contributed by atoms with Crippen LogP contribution in [-0.4, -0.2) is 35.6 Å². The van der Waals surface area contributed by atoms with E-state index in [4.69, 9.17) is 10.5 Å². The first-order valence-electron chi connectivity index (χ1n) is 9.23. The highest BCUT2D eigenvalue weighted by Gasteiger charge is 2.35. The lowest BCUT2D eigenvalue weighted by Crippen LogP contribution is -2.47. The molecule has 0 saturated heterocycles. The zero-order chi connectivity index (χ0) is 21.5. The van der Waals surface area contributed by atoms with Gasteiger partial charge in [-0.05, 0) is 49.1 Å². The van der Waals surface area contributed by atoms with Crippen LogP contribution in [0.2, 0.25) is 0 Å². The number of ether oxygens (including phenoxy) is 1. The molecule has 0 aromatic heterocycles. The first kappa shape index (κ1) is 26.0. The van der Waals surface area contributed by atoms with Gasteiger partial charge in [-0.2, -0.15) is 13.2 Å². The number of aryl methyl sites for hydroxylation is 2. The van der Waals surface area contributed by atoms with Gasteiger partial charge in [-0.1, -0.05) is 42.0 Å². The lowest BCUT2D eigenvalue weighted by atomic mass is 9.93. The lowest BCUT2D eigenvalue weighted by Gasteiger charge is -2.24. The molecule has 30 heavy (non-hydrogen) atoms. The summed E-state index contributed by atoms with van der Waals surface area (Å²) in [6, 6.07) is 11.6. The summed E-state index contributed by atoms with van der Waals surface area (Å²) in [5.74, 6) is -0.252. The summed E-state index contributed by atoms with van der Waals surface area (Å²) in [6.07, 6.45) is -0.791. The quantitative estimate of drug-likeness (QED) is 0.542. The molecule has 8 heteroatoms. The third-order valence-corrected chi connectivity index (χ3v) is 4.61. The Morgan fingerprint density at radius 1 is 1.03 bits per heavy atom. The van der Waals surface area contributed by atoms with Crippen molar-refractivity contribution in [2.45, 2.75) is 31.5 Å². The molecule has 2 aromatic rings. The van der Waals surface area contributed by atoms with Crippen molar-refractivity contribution in [2.24, 2.45) is 5.73 Å². The van der Waals surface area contributed by atoms with Crippen molar-refractivity contribution in [3.63, 3.8) is 0 Å². The standard InChI is InChI=1S/C22H26F3NO3.ClH/c1-16-4-6-17(7-5-16)3-2-12-29-20-9-8-18(13-19(20)22(23,24)25)10-11-21(26,14-27)15-28;/h2-9,13,27-28H,10-12,14-15,26H2,1H3;1H. The molecule has 166 valence electrons. The van der Waals surface area contributed by atoms with Crippen molar-refractivity contribution in [3.05, 3.63) is 70.8 Å². The Balaban J connectivity index is 0.00000450. The van der Waals surface area contributed by atoms with E-state index >= 15 is 0 Å². The van der Waals surface area contributed by atoms with Crippen LogP contribution in [0.1, 0.15) is 28.7 Å². The van der Waals surface area contributed by atoms with Gasteiger partial charge in [0.25, 0.3) is 0 Å². The van der Waals surface area contributed by atoms with Gasteiger partial charge >= 0.3 is 6.18 Å². The Morgan fingerprint density at radius 2 is 1.67 bits per heavy atom. The molecule has 0 heterocycles. The number of halogens is 4. The molecule has 0 amide bonds. The highest BCUT2D eigenvalue weighted by atomic mass is 35.5. The van der Waals surface area contributed by atoms with E-state index in [1.54, 1.807) is 12.2 Å². The second-order valence-electron chi connectivity index (χ2n) is 7.13. The summed E-state index contributed by atoms with van der Waals surface area (Å²) < 4.78 is 45.7. The number of aliphatic hydroxyl groups excluding tert-OH is 2. The Kier molecular flexibility index (Phi) is 9.84. The van der Waals surface area contributed by atoms with Gasteiger partial charge in [0.05, 0.1) is 24.3 Å². The maximum atomic E-state index is 13.4. The SMILES string of the molecule is Cc1ccc(C=CCOc2ccc(CCC(N)(CO)CO)cc2C(F)(F)F)cc1.Cl. The molecule has 0 aliphatic heterocycles. The van der Waals surface area contributed by atoms with Crippen molar-refractivity contribution in [1.82, 2.24) is 0 Å². The van der Waals surface area contributed by atoms with Crippen LogP contribution in [0.5, 0.6) is 5.75 Å². The van der Waals surface area contributed by atoms with Crippen molar-refractivity contribution >= 4 is 18.5 Å². The minimum atomic E-state index is -4.57.